The van der Waals surface area contributed by atoms with E-state index >= 15 is 0 Å². The number of benzene rings is 1. The van der Waals surface area contributed by atoms with Crippen LogP contribution in [0.25, 0.3) is 0 Å². The topological polar surface area (TPSA) is 104 Å². The van der Waals surface area contributed by atoms with Gasteiger partial charge in [0.05, 0.1) is 10.4 Å². The molecule has 9 heteroatoms. The second kappa shape index (κ2) is 8.86. The number of amides is 2. The summed E-state index contributed by atoms with van der Waals surface area (Å²) in [5.74, 6) is 0.809. The first-order chi connectivity index (χ1) is 15.5. The van der Waals surface area contributed by atoms with E-state index < -0.39 is 15.6 Å². The number of hydrogen-bond donors (Lipinski definition) is 3. The Morgan fingerprint density at radius 2 is 1.76 bits per heavy atom. The Bertz CT molecular complexity index is 1030. The van der Waals surface area contributed by atoms with Crippen LogP contribution in [0.3, 0.4) is 0 Å². The van der Waals surface area contributed by atoms with Crippen LogP contribution in [0.1, 0.15) is 59.3 Å². The first kappa shape index (κ1) is 24.5. The van der Waals surface area contributed by atoms with E-state index in [1.807, 2.05) is 6.92 Å². The Balaban J connectivity index is 1.46. The second-order valence-corrected chi connectivity index (χ2v) is 12.7. The van der Waals surface area contributed by atoms with Gasteiger partial charge in [-0.15, -0.1) is 0 Å². The van der Waals surface area contributed by atoms with Crippen LogP contribution in [-0.2, 0) is 19.6 Å². The fourth-order valence-corrected chi connectivity index (χ4v) is 8.29. The highest BCUT2D eigenvalue weighted by Crippen LogP contribution is 2.60. The molecule has 0 aromatic heterocycles. The number of carbonyl (C=O) groups excluding carboxylic acids is 2. The van der Waals surface area contributed by atoms with Gasteiger partial charge in [-0.25, -0.2) is 8.42 Å². The van der Waals surface area contributed by atoms with Crippen molar-refractivity contribution in [2.45, 2.75) is 75.8 Å². The van der Waals surface area contributed by atoms with Crippen molar-refractivity contribution in [3.05, 3.63) is 29.3 Å². The molecule has 1 aromatic rings. The molecule has 0 aliphatic heterocycles. The summed E-state index contributed by atoms with van der Waals surface area (Å²) in [5, 5.41) is 6.37. The van der Waals surface area contributed by atoms with Gasteiger partial charge in [-0.05, 0) is 82.3 Å². The number of nitrogens with one attached hydrogen (secondary N) is 3. The Hall–Kier alpha value is -1.64. The monoisotopic (exact) mass is 495 g/mol. The van der Waals surface area contributed by atoms with Gasteiger partial charge in [-0.3, -0.25) is 9.59 Å². The smallest absolute Gasteiger partial charge is 0.243 e. The molecule has 4 aliphatic carbocycles. The van der Waals surface area contributed by atoms with Crippen LogP contribution in [-0.4, -0.2) is 38.4 Å². The van der Waals surface area contributed by atoms with Gasteiger partial charge in [0.2, 0.25) is 21.8 Å². The summed E-state index contributed by atoms with van der Waals surface area (Å²) in [5.41, 5.74) is -1.67. The molecule has 2 unspecified atom stereocenters. The Kier molecular flexibility index (Phi) is 6.57. The van der Waals surface area contributed by atoms with Gasteiger partial charge < -0.3 is 10.6 Å². The van der Waals surface area contributed by atoms with E-state index in [0.717, 1.165) is 38.5 Å². The lowest BCUT2D eigenvalue weighted by atomic mass is 9.47. The molecule has 1 aromatic carbocycles. The summed E-state index contributed by atoms with van der Waals surface area (Å²) < 4.78 is 28.3. The molecule has 4 bridgehead atoms. The third kappa shape index (κ3) is 4.66. The predicted molar refractivity (Wildman–Crippen MR) is 127 cm³/mol. The van der Waals surface area contributed by atoms with Crippen LogP contribution in [0.4, 0.5) is 0 Å². The fourth-order valence-electron chi connectivity index (χ4n) is 6.40. The molecule has 3 N–H and O–H groups in total. The SMILES string of the molecule is CCCNC(=O)C12CC3CC(C1)C(NC(=O)C(C)(C)NS(=O)(=O)c1ccccc1Cl)C(C3)C2. The normalized spacial score (nSPS) is 30.8. The quantitative estimate of drug-likeness (QED) is 0.515. The Morgan fingerprint density at radius 3 is 2.36 bits per heavy atom. The highest BCUT2D eigenvalue weighted by Gasteiger charge is 2.58. The summed E-state index contributed by atoms with van der Waals surface area (Å²) in [6.07, 6.45) is 5.44. The van der Waals surface area contributed by atoms with Crippen molar-refractivity contribution in [2.75, 3.05) is 6.54 Å². The maximum atomic E-state index is 13.3. The van der Waals surface area contributed by atoms with Crippen molar-refractivity contribution in [2.24, 2.45) is 23.2 Å². The number of sulfonamides is 1. The molecule has 4 saturated carbocycles. The van der Waals surface area contributed by atoms with Gasteiger partial charge in [0.1, 0.15) is 10.4 Å². The molecular formula is C24H34ClN3O4S. The van der Waals surface area contributed by atoms with Gasteiger partial charge in [0.25, 0.3) is 0 Å². The van der Waals surface area contributed by atoms with Crippen LogP contribution < -0.4 is 15.4 Å². The van der Waals surface area contributed by atoms with E-state index in [-0.39, 0.29) is 45.0 Å². The van der Waals surface area contributed by atoms with Gasteiger partial charge in [-0.2, -0.15) is 4.72 Å². The van der Waals surface area contributed by atoms with E-state index in [9.17, 15) is 18.0 Å². The van der Waals surface area contributed by atoms with Crippen LogP contribution in [0, 0.1) is 23.2 Å². The highest BCUT2D eigenvalue weighted by atomic mass is 35.5. The molecule has 33 heavy (non-hydrogen) atoms. The summed E-state index contributed by atoms with van der Waals surface area (Å²) >= 11 is 6.07. The first-order valence-electron chi connectivity index (χ1n) is 11.9. The lowest BCUT2D eigenvalue weighted by Crippen LogP contribution is -2.65. The average molecular weight is 496 g/mol. The highest BCUT2D eigenvalue weighted by molar-refractivity contribution is 7.89. The van der Waals surface area contributed by atoms with Crippen LogP contribution in [0.2, 0.25) is 5.02 Å². The summed E-state index contributed by atoms with van der Waals surface area (Å²) in [4.78, 5) is 26.2. The van der Waals surface area contributed by atoms with E-state index in [1.165, 1.54) is 12.1 Å². The van der Waals surface area contributed by atoms with E-state index in [0.29, 0.717) is 12.5 Å². The fraction of sp³-hybridized carbons (Fsp3) is 0.667. The van der Waals surface area contributed by atoms with Crippen molar-refractivity contribution in [1.82, 2.24) is 15.4 Å². The predicted octanol–water partition coefficient (Wildman–Crippen LogP) is 3.23. The van der Waals surface area contributed by atoms with Crippen molar-refractivity contribution in [1.29, 1.82) is 0 Å². The zero-order valence-corrected chi connectivity index (χ0v) is 21.1. The third-order valence-corrected chi connectivity index (χ3v) is 9.83. The minimum atomic E-state index is -3.98. The van der Waals surface area contributed by atoms with Gasteiger partial charge in [0, 0.05) is 12.6 Å². The lowest BCUT2D eigenvalue weighted by molar-refractivity contribution is -0.151. The summed E-state index contributed by atoms with van der Waals surface area (Å²) in [6, 6.07) is 6.13. The molecular weight excluding hydrogens is 462 g/mol. The van der Waals surface area contributed by atoms with Crippen LogP contribution in [0.5, 0.6) is 0 Å². The maximum absolute atomic E-state index is 13.3. The molecule has 2 amide bonds. The molecule has 0 saturated heterocycles. The van der Waals surface area contributed by atoms with E-state index in [1.54, 1.807) is 26.0 Å². The van der Waals surface area contributed by atoms with Crippen molar-refractivity contribution in [3.8, 4) is 0 Å². The second-order valence-electron chi connectivity index (χ2n) is 10.7. The number of hydrogen-bond acceptors (Lipinski definition) is 4. The summed E-state index contributed by atoms with van der Waals surface area (Å²) in [7, 11) is -3.98. The lowest BCUT2D eigenvalue weighted by Gasteiger charge is -2.59. The van der Waals surface area contributed by atoms with Crippen molar-refractivity contribution < 1.29 is 18.0 Å². The largest absolute Gasteiger partial charge is 0.356 e. The van der Waals surface area contributed by atoms with Crippen LogP contribution >= 0.6 is 11.6 Å². The molecule has 4 aliphatic rings. The zero-order valence-electron chi connectivity index (χ0n) is 19.5. The molecule has 0 heterocycles. The van der Waals surface area contributed by atoms with Gasteiger partial charge >= 0.3 is 0 Å². The standard InChI is InChI=1S/C24H34ClN3O4S/c1-4-9-26-22(30)24-12-15-10-16(13-24)20(17(11-15)14-24)27-21(29)23(2,3)28-33(31,32)19-8-6-5-7-18(19)25/h5-8,15-17,20,28H,4,9-14H2,1-3H3,(H,26,30)(H,27,29). The molecule has 5 rings (SSSR count). The number of carbonyl (C=O) groups is 2. The Labute approximate surface area is 201 Å². The van der Waals surface area contributed by atoms with E-state index in [2.05, 4.69) is 15.4 Å². The number of rotatable bonds is 8. The molecule has 2 atom stereocenters. The molecule has 182 valence electrons. The summed E-state index contributed by atoms with van der Waals surface area (Å²) in [6.45, 7) is 5.87. The Morgan fingerprint density at radius 1 is 1.12 bits per heavy atom. The van der Waals surface area contributed by atoms with Gasteiger partial charge in [-0.1, -0.05) is 30.7 Å². The number of halogens is 1. The first-order valence-corrected chi connectivity index (χ1v) is 13.7. The minimum Gasteiger partial charge on any atom is -0.356 e. The molecule has 4 fully saturated rings. The van der Waals surface area contributed by atoms with Gasteiger partial charge in [0.15, 0.2) is 0 Å². The average Bonchev–Trinajstić information content (AvgIpc) is 2.73. The van der Waals surface area contributed by atoms with E-state index in [4.69, 9.17) is 11.6 Å². The third-order valence-electron chi connectivity index (χ3n) is 7.67. The molecule has 0 spiro atoms. The minimum absolute atomic E-state index is 0.0368. The van der Waals surface area contributed by atoms with Crippen molar-refractivity contribution >= 4 is 33.4 Å². The van der Waals surface area contributed by atoms with Crippen molar-refractivity contribution in [3.63, 3.8) is 0 Å². The van der Waals surface area contributed by atoms with Crippen LogP contribution in [0.15, 0.2) is 29.2 Å². The molecule has 0 radical (unpaired) electrons. The maximum Gasteiger partial charge on any atom is 0.243 e. The molecule has 7 nitrogen and oxygen atoms in total. The zero-order chi connectivity index (χ0) is 24.0.